The summed E-state index contributed by atoms with van der Waals surface area (Å²) in [5.41, 5.74) is 6.29. The number of hydrogen-bond acceptors (Lipinski definition) is 7. The lowest BCUT2D eigenvalue weighted by atomic mass is 10.1. The molecule has 2 heterocycles. The zero-order chi connectivity index (χ0) is 23.8. The lowest BCUT2D eigenvalue weighted by molar-refractivity contribution is -0.118. The predicted octanol–water partition coefficient (Wildman–Crippen LogP) is 4.28. The molecule has 0 unspecified atom stereocenters. The van der Waals surface area contributed by atoms with Crippen LogP contribution in [0, 0.1) is 6.92 Å². The Morgan fingerprint density at radius 1 is 1.12 bits per heavy atom. The molecule has 0 saturated carbocycles. The average Bonchev–Trinajstić information content (AvgIpc) is 3.29. The lowest BCUT2D eigenvalue weighted by Crippen LogP contribution is -2.20. The van der Waals surface area contributed by atoms with E-state index >= 15 is 0 Å². The maximum atomic E-state index is 12.4. The molecule has 34 heavy (non-hydrogen) atoms. The number of nitrogens with zero attached hydrogens (tertiary/aromatic N) is 5. The number of rotatable bonds is 9. The van der Waals surface area contributed by atoms with Gasteiger partial charge < -0.3 is 4.74 Å². The van der Waals surface area contributed by atoms with Crippen LogP contribution in [0.3, 0.4) is 0 Å². The fourth-order valence-electron chi connectivity index (χ4n) is 3.20. The first kappa shape index (κ1) is 23.2. The zero-order valence-corrected chi connectivity index (χ0v) is 19.7. The molecular weight excluding hydrogens is 448 g/mol. The topological polar surface area (TPSA) is 94.3 Å². The van der Waals surface area contributed by atoms with Crippen molar-refractivity contribution >= 4 is 23.9 Å². The summed E-state index contributed by atoms with van der Waals surface area (Å²) in [5, 5.41) is 13.4. The average molecular weight is 473 g/mol. The summed E-state index contributed by atoms with van der Waals surface area (Å²) in [7, 11) is 0. The first-order chi connectivity index (χ1) is 16.7. The van der Waals surface area contributed by atoms with E-state index in [0.29, 0.717) is 17.6 Å². The van der Waals surface area contributed by atoms with Crippen LogP contribution in [0.4, 0.5) is 0 Å². The first-order valence-corrected chi connectivity index (χ1v) is 11.7. The lowest BCUT2D eigenvalue weighted by Gasteiger charge is -2.11. The number of carbonyl (C=O) groups excluding carboxylic acids is 1. The Hall–Kier alpha value is -3.98. The Morgan fingerprint density at radius 2 is 1.94 bits per heavy atom. The van der Waals surface area contributed by atoms with Crippen molar-refractivity contribution in [2.45, 2.75) is 19.0 Å². The van der Waals surface area contributed by atoms with E-state index in [9.17, 15) is 4.79 Å². The number of thioether (sulfide) groups is 1. The third-order valence-corrected chi connectivity index (χ3v) is 5.80. The highest BCUT2D eigenvalue weighted by Crippen LogP contribution is 2.28. The Bertz CT molecular complexity index is 1270. The van der Waals surface area contributed by atoms with E-state index in [4.69, 9.17) is 4.74 Å². The molecule has 1 N–H and O–H groups in total. The number of ether oxygens (including phenoxy) is 1. The molecule has 0 atom stereocenters. The molecule has 0 bridgehead atoms. The van der Waals surface area contributed by atoms with Crippen molar-refractivity contribution in [1.82, 2.24) is 25.2 Å². The molecule has 2 aromatic carbocycles. The van der Waals surface area contributed by atoms with Gasteiger partial charge in [0.25, 0.3) is 5.91 Å². The minimum absolute atomic E-state index is 0.132. The van der Waals surface area contributed by atoms with Gasteiger partial charge in [-0.3, -0.25) is 14.3 Å². The molecule has 0 aliphatic rings. The molecule has 0 radical (unpaired) electrons. The maximum absolute atomic E-state index is 12.4. The van der Waals surface area contributed by atoms with Gasteiger partial charge in [-0.2, -0.15) is 5.10 Å². The number of aromatic nitrogens is 4. The molecule has 4 rings (SSSR count). The second-order valence-corrected chi connectivity index (χ2v) is 8.19. The largest absolute Gasteiger partial charge is 0.494 e. The van der Waals surface area contributed by atoms with E-state index in [1.165, 1.54) is 11.8 Å². The van der Waals surface area contributed by atoms with Gasteiger partial charge in [-0.15, -0.1) is 10.2 Å². The van der Waals surface area contributed by atoms with Crippen LogP contribution in [0.25, 0.3) is 17.1 Å². The standard InChI is InChI=1S/C25H24N6O2S/c1-3-33-22-12-10-21(11-13-22)31-24(20-9-6-14-26-15-20)29-30-25(31)34-17-23(32)28-27-16-19-8-5-4-7-18(19)2/h4-16H,3,17H2,1-2H3,(H,28,32)/b27-16+. The summed E-state index contributed by atoms with van der Waals surface area (Å²) in [4.78, 5) is 16.6. The van der Waals surface area contributed by atoms with E-state index in [1.54, 1.807) is 18.6 Å². The molecule has 0 aliphatic heterocycles. The van der Waals surface area contributed by atoms with Gasteiger partial charge in [0.1, 0.15) is 5.75 Å². The molecule has 0 fully saturated rings. The summed E-state index contributed by atoms with van der Waals surface area (Å²) >= 11 is 1.28. The van der Waals surface area contributed by atoms with Crippen molar-refractivity contribution in [1.29, 1.82) is 0 Å². The highest BCUT2D eigenvalue weighted by molar-refractivity contribution is 7.99. The number of carbonyl (C=O) groups is 1. The zero-order valence-electron chi connectivity index (χ0n) is 18.9. The van der Waals surface area contributed by atoms with Crippen molar-refractivity contribution in [2.75, 3.05) is 12.4 Å². The van der Waals surface area contributed by atoms with Gasteiger partial charge in [0.05, 0.1) is 18.6 Å². The number of hydrazone groups is 1. The van der Waals surface area contributed by atoms with Crippen LogP contribution >= 0.6 is 11.8 Å². The monoisotopic (exact) mass is 472 g/mol. The molecule has 0 aliphatic carbocycles. The summed E-state index contributed by atoms with van der Waals surface area (Å²) in [6.45, 7) is 4.53. The highest BCUT2D eigenvalue weighted by Gasteiger charge is 2.17. The number of amides is 1. The van der Waals surface area contributed by atoms with Gasteiger partial charge in [0, 0.05) is 23.6 Å². The van der Waals surface area contributed by atoms with Crippen LogP contribution in [0.2, 0.25) is 0 Å². The minimum Gasteiger partial charge on any atom is -0.494 e. The van der Waals surface area contributed by atoms with Crippen LogP contribution in [0.1, 0.15) is 18.1 Å². The summed E-state index contributed by atoms with van der Waals surface area (Å²) in [5.74, 6) is 1.31. The fourth-order valence-corrected chi connectivity index (χ4v) is 3.95. The normalized spacial score (nSPS) is 11.0. The van der Waals surface area contributed by atoms with Crippen LogP contribution in [0.5, 0.6) is 5.75 Å². The molecule has 8 nitrogen and oxygen atoms in total. The van der Waals surface area contributed by atoms with Crippen LogP contribution in [-0.4, -0.2) is 44.2 Å². The summed E-state index contributed by atoms with van der Waals surface area (Å²) in [6.07, 6.45) is 5.08. The van der Waals surface area contributed by atoms with Crippen molar-refractivity contribution < 1.29 is 9.53 Å². The fraction of sp³-hybridized carbons (Fsp3) is 0.160. The van der Waals surface area contributed by atoms with Crippen LogP contribution < -0.4 is 10.2 Å². The summed E-state index contributed by atoms with van der Waals surface area (Å²) in [6, 6.07) is 19.3. The molecule has 0 saturated heterocycles. The summed E-state index contributed by atoms with van der Waals surface area (Å²) < 4.78 is 7.46. The molecule has 0 spiro atoms. The van der Waals surface area contributed by atoms with Crippen molar-refractivity contribution in [2.24, 2.45) is 5.10 Å². The van der Waals surface area contributed by atoms with Crippen LogP contribution in [-0.2, 0) is 4.79 Å². The van der Waals surface area contributed by atoms with Crippen LogP contribution in [0.15, 0.2) is 83.3 Å². The van der Waals surface area contributed by atoms with E-state index in [2.05, 4.69) is 25.7 Å². The number of pyridine rings is 1. The minimum atomic E-state index is -0.237. The van der Waals surface area contributed by atoms with Gasteiger partial charge in [0.15, 0.2) is 11.0 Å². The molecule has 4 aromatic rings. The molecule has 9 heteroatoms. The van der Waals surface area contributed by atoms with Gasteiger partial charge in [0.2, 0.25) is 0 Å². The number of aryl methyl sites for hydroxylation is 1. The third-order valence-electron chi connectivity index (χ3n) is 4.87. The Morgan fingerprint density at radius 3 is 2.68 bits per heavy atom. The molecule has 1 amide bonds. The third kappa shape index (κ3) is 5.68. The Labute approximate surface area is 202 Å². The van der Waals surface area contributed by atoms with E-state index in [1.807, 2.05) is 79.1 Å². The van der Waals surface area contributed by atoms with Gasteiger partial charge >= 0.3 is 0 Å². The molecule has 2 aromatic heterocycles. The van der Waals surface area contributed by atoms with Crippen molar-refractivity contribution in [3.63, 3.8) is 0 Å². The Kier molecular flexibility index (Phi) is 7.67. The number of nitrogens with one attached hydrogen (secondary N) is 1. The SMILES string of the molecule is CCOc1ccc(-n2c(SCC(=O)N/N=C/c3ccccc3C)nnc2-c2cccnc2)cc1. The molecular formula is C25H24N6O2S. The van der Waals surface area contributed by atoms with Gasteiger partial charge in [-0.1, -0.05) is 36.0 Å². The second kappa shape index (κ2) is 11.2. The van der Waals surface area contributed by atoms with Crippen molar-refractivity contribution in [3.8, 4) is 22.8 Å². The number of benzene rings is 2. The quantitative estimate of drug-likeness (QED) is 0.222. The van der Waals surface area contributed by atoms with Gasteiger partial charge in [-0.25, -0.2) is 5.43 Å². The second-order valence-electron chi connectivity index (χ2n) is 7.25. The maximum Gasteiger partial charge on any atom is 0.250 e. The van der Waals surface area contributed by atoms with E-state index in [-0.39, 0.29) is 11.7 Å². The first-order valence-electron chi connectivity index (χ1n) is 10.7. The highest BCUT2D eigenvalue weighted by atomic mass is 32.2. The molecule has 172 valence electrons. The Balaban J connectivity index is 1.51. The van der Waals surface area contributed by atoms with Gasteiger partial charge in [-0.05, 0) is 61.4 Å². The predicted molar refractivity (Wildman–Crippen MR) is 133 cm³/mol. The van der Waals surface area contributed by atoms with E-state index < -0.39 is 0 Å². The van der Waals surface area contributed by atoms with Crippen molar-refractivity contribution in [3.05, 3.63) is 84.2 Å². The van der Waals surface area contributed by atoms with E-state index in [0.717, 1.165) is 28.1 Å². The smallest absolute Gasteiger partial charge is 0.250 e. The number of hydrogen-bond donors (Lipinski definition) is 1.